The van der Waals surface area contributed by atoms with Crippen molar-refractivity contribution in [1.29, 1.82) is 0 Å². The van der Waals surface area contributed by atoms with Gasteiger partial charge in [-0.15, -0.1) is 0 Å². The van der Waals surface area contributed by atoms with Gasteiger partial charge >= 0.3 is 0 Å². The largest absolute Gasteiger partial charge is 0.388 e. The lowest BCUT2D eigenvalue weighted by Crippen LogP contribution is -1.97. The Morgan fingerprint density at radius 1 is 1.31 bits per heavy atom. The van der Waals surface area contributed by atoms with E-state index in [1.807, 2.05) is 24.3 Å². The fourth-order valence-electron chi connectivity index (χ4n) is 1.49. The highest BCUT2D eigenvalue weighted by molar-refractivity contribution is 6.30. The lowest BCUT2D eigenvalue weighted by molar-refractivity contribution is 0.160. The van der Waals surface area contributed by atoms with E-state index < -0.39 is 0 Å². The molecule has 0 heterocycles. The zero-order chi connectivity index (χ0) is 9.26. The Bertz CT molecular complexity index is 277. The molecule has 0 radical (unpaired) electrons. The summed E-state index contributed by atoms with van der Waals surface area (Å²) < 4.78 is 0. The summed E-state index contributed by atoms with van der Waals surface area (Å²) in [5, 5.41) is 10.5. The summed E-state index contributed by atoms with van der Waals surface area (Å²) in [7, 11) is 0. The van der Waals surface area contributed by atoms with Crippen molar-refractivity contribution in [3.8, 4) is 0 Å². The second kappa shape index (κ2) is 3.69. The van der Waals surface area contributed by atoms with E-state index in [0.717, 1.165) is 22.9 Å². The molecule has 70 valence electrons. The van der Waals surface area contributed by atoms with Gasteiger partial charge in [0.25, 0.3) is 0 Å². The molecule has 1 atom stereocenters. The van der Waals surface area contributed by atoms with Gasteiger partial charge in [-0.25, -0.2) is 0 Å². The average molecular weight is 197 g/mol. The molecule has 1 aliphatic carbocycles. The first-order valence-electron chi connectivity index (χ1n) is 4.69. The second-order valence-corrected chi connectivity index (χ2v) is 4.18. The molecule has 1 aromatic carbocycles. The first-order chi connectivity index (χ1) is 6.25. The molecule has 2 heteroatoms. The third kappa shape index (κ3) is 2.45. The van der Waals surface area contributed by atoms with Crippen LogP contribution < -0.4 is 0 Å². The van der Waals surface area contributed by atoms with E-state index in [4.69, 9.17) is 11.6 Å². The Morgan fingerprint density at radius 3 is 2.46 bits per heavy atom. The minimum atomic E-state index is -0.301. The van der Waals surface area contributed by atoms with Crippen molar-refractivity contribution in [3.05, 3.63) is 34.9 Å². The Morgan fingerprint density at radius 2 is 1.92 bits per heavy atom. The van der Waals surface area contributed by atoms with E-state index in [9.17, 15) is 5.11 Å². The maximum atomic E-state index is 9.78. The first-order valence-corrected chi connectivity index (χ1v) is 5.07. The number of hydrogen-bond donors (Lipinski definition) is 1. The number of hydrogen-bond acceptors (Lipinski definition) is 1. The van der Waals surface area contributed by atoms with Crippen LogP contribution in [-0.2, 0) is 0 Å². The van der Waals surface area contributed by atoms with Crippen molar-refractivity contribution in [1.82, 2.24) is 0 Å². The molecule has 0 saturated heterocycles. The van der Waals surface area contributed by atoms with Crippen LogP contribution in [0.5, 0.6) is 0 Å². The van der Waals surface area contributed by atoms with Crippen LogP contribution >= 0.6 is 11.6 Å². The molecule has 0 spiro atoms. The number of rotatable bonds is 3. The molecule has 1 fully saturated rings. The Balaban J connectivity index is 2.01. The molecule has 1 aliphatic rings. The van der Waals surface area contributed by atoms with Gasteiger partial charge in [-0.05, 0) is 30.0 Å². The van der Waals surface area contributed by atoms with Gasteiger partial charge in [-0.1, -0.05) is 36.6 Å². The lowest BCUT2D eigenvalue weighted by Gasteiger charge is -2.09. The number of halogens is 1. The van der Waals surface area contributed by atoms with Crippen LogP contribution in [0.2, 0.25) is 5.02 Å². The van der Waals surface area contributed by atoms with Crippen LogP contribution in [0.3, 0.4) is 0 Å². The molecule has 13 heavy (non-hydrogen) atoms. The molecule has 0 bridgehead atoms. The van der Waals surface area contributed by atoms with Crippen LogP contribution in [0.15, 0.2) is 24.3 Å². The number of aliphatic hydroxyl groups excluding tert-OH is 1. The van der Waals surface area contributed by atoms with E-state index in [2.05, 4.69) is 0 Å². The Kier molecular flexibility index (Phi) is 2.56. The predicted octanol–water partition coefficient (Wildman–Crippen LogP) is 3.17. The molecule has 0 unspecified atom stereocenters. The summed E-state index contributed by atoms with van der Waals surface area (Å²) in [6.45, 7) is 0. The molecule has 1 aromatic rings. The lowest BCUT2D eigenvalue weighted by atomic mass is 10.0. The maximum absolute atomic E-state index is 9.78. The van der Waals surface area contributed by atoms with Crippen molar-refractivity contribution >= 4 is 11.6 Å². The fourth-order valence-corrected chi connectivity index (χ4v) is 1.62. The zero-order valence-electron chi connectivity index (χ0n) is 7.41. The molecule has 1 N–H and O–H groups in total. The Labute approximate surface area is 83.3 Å². The van der Waals surface area contributed by atoms with Crippen LogP contribution in [0.1, 0.15) is 30.9 Å². The van der Waals surface area contributed by atoms with Gasteiger partial charge in [0.1, 0.15) is 0 Å². The number of aliphatic hydroxyl groups is 1. The van der Waals surface area contributed by atoms with Gasteiger partial charge < -0.3 is 5.11 Å². The smallest absolute Gasteiger partial charge is 0.0792 e. The molecule has 1 nitrogen and oxygen atoms in total. The highest BCUT2D eigenvalue weighted by Gasteiger charge is 2.24. The second-order valence-electron chi connectivity index (χ2n) is 3.75. The monoisotopic (exact) mass is 196 g/mol. The van der Waals surface area contributed by atoms with Crippen molar-refractivity contribution < 1.29 is 5.11 Å². The molecular weight excluding hydrogens is 184 g/mol. The summed E-state index contributed by atoms with van der Waals surface area (Å²) in [6, 6.07) is 7.45. The fraction of sp³-hybridized carbons (Fsp3) is 0.455. The molecule has 0 aliphatic heterocycles. The van der Waals surface area contributed by atoms with Gasteiger partial charge in [-0.2, -0.15) is 0 Å². The van der Waals surface area contributed by atoms with E-state index in [0.29, 0.717) is 0 Å². The van der Waals surface area contributed by atoms with E-state index in [1.165, 1.54) is 12.8 Å². The molecule has 2 rings (SSSR count). The molecule has 1 saturated carbocycles. The third-order valence-corrected chi connectivity index (χ3v) is 2.76. The van der Waals surface area contributed by atoms with E-state index >= 15 is 0 Å². The normalized spacial score (nSPS) is 18.6. The standard InChI is InChI=1S/C11H13ClO/c12-10-5-3-9(4-6-10)11(13)7-8-1-2-8/h3-6,8,11,13H,1-2,7H2/t11-/m1/s1. The predicted molar refractivity (Wildman–Crippen MR) is 53.8 cm³/mol. The quantitative estimate of drug-likeness (QED) is 0.788. The molecular formula is C11H13ClO. The summed E-state index contributed by atoms with van der Waals surface area (Å²) in [6.07, 6.45) is 3.17. The summed E-state index contributed by atoms with van der Waals surface area (Å²) in [5.41, 5.74) is 0.983. The highest BCUT2D eigenvalue weighted by atomic mass is 35.5. The van der Waals surface area contributed by atoms with Crippen LogP contribution in [0, 0.1) is 5.92 Å². The SMILES string of the molecule is O[C@H](CC1CC1)c1ccc(Cl)cc1. The van der Waals surface area contributed by atoms with Gasteiger partial charge in [0.2, 0.25) is 0 Å². The first kappa shape index (κ1) is 9.04. The van der Waals surface area contributed by atoms with Crippen molar-refractivity contribution in [2.75, 3.05) is 0 Å². The highest BCUT2D eigenvalue weighted by Crippen LogP contribution is 2.37. The van der Waals surface area contributed by atoms with Crippen molar-refractivity contribution in [3.63, 3.8) is 0 Å². The topological polar surface area (TPSA) is 20.2 Å². The number of benzene rings is 1. The summed E-state index contributed by atoms with van der Waals surface area (Å²) in [5.74, 6) is 0.755. The van der Waals surface area contributed by atoms with E-state index in [1.54, 1.807) is 0 Å². The van der Waals surface area contributed by atoms with Crippen molar-refractivity contribution in [2.45, 2.75) is 25.4 Å². The van der Waals surface area contributed by atoms with Crippen LogP contribution in [0.4, 0.5) is 0 Å². The van der Waals surface area contributed by atoms with Gasteiger partial charge in [0.15, 0.2) is 0 Å². The molecule has 0 aromatic heterocycles. The maximum Gasteiger partial charge on any atom is 0.0792 e. The van der Waals surface area contributed by atoms with Gasteiger partial charge in [0.05, 0.1) is 6.10 Å². The van der Waals surface area contributed by atoms with Crippen LogP contribution in [0.25, 0.3) is 0 Å². The third-order valence-electron chi connectivity index (χ3n) is 2.51. The van der Waals surface area contributed by atoms with Gasteiger partial charge in [-0.3, -0.25) is 0 Å². The minimum absolute atomic E-state index is 0.301. The van der Waals surface area contributed by atoms with Crippen molar-refractivity contribution in [2.24, 2.45) is 5.92 Å². The Hall–Kier alpha value is -0.530. The zero-order valence-corrected chi connectivity index (χ0v) is 8.17. The van der Waals surface area contributed by atoms with Crippen LogP contribution in [-0.4, -0.2) is 5.11 Å². The molecule has 0 amide bonds. The summed E-state index contributed by atoms with van der Waals surface area (Å²) in [4.78, 5) is 0. The average Bonchev–Trinajstić information content (AvgIpc) is 2.89. The van der Waals surface area contributed by atoms with E-state index in [-0.39, 0.29) is 6.10 Å². The van der Waals surface area contributed by atoms with Gasteiger partial charge in [0, 0.05) is 5.02 Å². The summed E-state index contributed by atoms with van der Waals surface area (Å²) >= 11 is 5.75. The minimum Gasteiger partial charge on any atom is -0.388 e.